The highest BCUT2D eigenvalue weighted by Gasteiger charge is 2.43. The summed E-state index contributed by atoms with van der Waals surface area (Å²) in [5, 5.41) is 3.40. The fraction of sp³-hybridized carbons (Fsp3) is 0. The van der Waals surface area contributed by atoms with Gasteiger partial charge in [0.2, 0.25) is 0 Å². The Labute approximate surface area is 204 Å². The minimum absolute atomic E-state index is 0.0491. The predicted molar refractivity (Wildman–Crippen MR) is 146 cm³/mol. The molecule has 0 fully saturated rings. The number of nitroso groups, excluding NO2 is 1. The van der Waals surface area contributed by atoms with E-state index < -0.39 is 0 Å². The molecule has 0 unspecified atom stereocenters. The standard InChI is InChI=1S/C30H20BN3O/c35-32-21-19-28-30-29(20-21)34(23-13-5-2-6-14-23)27-18-10-8-16-25(27)31(30)24-15-7-9-17-26(24)33(28)22-11-3-1-4-12-22/h1-20H. The van der Waals surface area contributed by atoms with Crippen molar-refractivity contribution in [1.29, 1.82) is 0 Å². The lowest BCUT2D eigenvalue weighted by molar-refractivity contribution is 1.25. The van der Waals surface area contributed by atoms with Gasteiger partial charge in [-0.05, 0) is 70.1 Å². The van der Waals surface area contributed by atoms with E-state index in [9.17, 15) is 4.91 Å². The molecule has 164 valence electrons. The molecule has 0 amide bonds. The lowest BCUT2D eigenvalue weighted by Gasteiger charge is -2.44. The van der Waals surface area contributed by atoms with Crippen LogP contribution in [-0.4, -0.2) is 6.71 Å². The molecule has 0 aliphatic carbocycles. The van der Waals surface area contributed by atoms with Crippen LogP contribution in [0.4, 0.5) is 39.8 Å². The molecule has 0 saturated carbocycles. The van der Waals surface area contributed by atoms with Gasteiger partial charge in [0.25, 0.3) is 6.71 Å². The second-order valence-corrected chi connectivity index (χ2v) is 8.88. The minimum Gasteiger partial charge on any atom is -0.311 e. The van der Waals surface area contributed by atoms with Crippen LogP contribution in [0.3, 0.4) is 0 Å². The third-order valence-corrected chi connectivity index (χ3v) is 7.00. The van der Waals surface area contributed by atoms with E-state index in [2.05, 4.69) is 87.8 Å². The zero-order valence-electron chi connectivity index (χ0n) is 18.9. The summed E-state index contributed by atoms with van der Waals surface area (Å²) in [6, 6.07) is 41.7. The van der Waals surface area contributed by atoms with Crippen LogP contribution in [-0.2, 0) is 0 Å². The number of anilines is 6. The van der Waals surface area contributed by atoms with Crippen molar-refractivity contribution in [3.8, 4) is 0 Å². The topological polar surface area (TPSA) is 35.9 Å². The first kappa shape index (κ1) is 19.8. The Balaban J connectivity index is 1.62. The molecule has 0 atom stereocenters. The van der Waals surface area contributed by atoms with Crippen LogP contribution in [0, 0.1) is 4.91 Å². The maximum atomic E-state index is 12.0. The minimum atomic E-state index is 0.0491. The molecule has 5 aromatic rings. The summed E-state index contributed by atoms with van der Waals surface area (Å²) in [5.74, 6) is 0. The monoisotopic (exact) mass is 449 g/mol. The lowest BCUT2D eigenvalue weighted by atomic mass is 9.33. The molecule has 0 N–H and O–H groups in total. The van der Waals surface area contributed by atoms with E-state index in [1.807, 2.05) is 48.5 Å². The first-order valence-corrected chi connectivity index (χ1v) is 11.7. The van der Waals surface area contributed by atoms with Crippen molar-refractivity contribution >= 4 is 62.9 Å². The van der Waals surface area contributed by atoms with E-state index in [4.69, 9.17) is 0 Å². The molecular weight excluding hydrogens is 429 g/mol. The summed E-state index contributed by atoms with van der Waals surface area (Å²) in [7, 11) is 0. The maximum absolute atomic E-state index is 12.0. The molecule has 0 spiro atoms. The Kier molecular flexibility index (Phi) is 4.36. The second-order valence-electron chi connectivity index (χ2n) is 8.88. The second kappa shape index (κ2) is 7.71. The molecule has 5 aromatic carbocycles. The van der Waals surface area contributed by atoms with Gasteiger partial charge in [0.15, 0.2) is 0 Å². The molecule has 7 rings (SSSR count). The Morgan fingerprint density at radius 1 is 0.514 bits per heavy atom. The van der Waals surface area contributed by atoms with Gasteiger partial charge in [-0.1, -0.05) is 72.8 Å². The summed E-state index contributed by atoms with van der Waals surface area (Å²) in [5.41, 5.74) is 10.4. The molecular formula is C30H20BN3O. The summed E-state index contributed by atoms with van der Waals surface area (Å²) in [6.45, 7) is 0.0491. The third-order valence-electron chi connectivity index (χ3n) is 7.00. The van der Waals surface area contributed by atoms with Crippen molar-refractivity contribution in [3.05, 3.63) is 126 Å². The fourth-order valence-corrected chi connectivity index (χ4v) is 5.65. The van der Waals surface area contributed by atoms with Crippen molar-refractivity contribution in [2.45, 2.75) is 0 Å². The number of hydrogen-bond acceptors (Lipinski definition) is 4. The summed E-state index contributed by atoms with van der Waals surface area (Å²) < 4.78 is 0. The zero-order valence-corrected chi connectivity index (χ0v) is 18.9. The molecule has 2 aliphatic heterocycles. The molecule has 0 aromatic heterocycles. The molecule has 4 nitrogen and oxygen atoms in total. The number of para-hydroxylation sites is 4. The molecule has 2 heterocycles. The van der Waals surface area contributed by atoms with Crippen molar-refractivity contribution in [1.82, 2.24) is 0 Å². The van der Waals surface area contributed by atoms with Crippen LogP contribution >= 0.6 is 0 Å². The van der Waals surface area contributed by atoms with Gasteiger partial charge in [0, 0.05) is 34.1 Å². The average Bonchev–Trinajstić information content (AvgIpc) is 2.93. The fourth-order valence-electron chi connectivity index (χ4n) is 5.65. The predicted octanol–water partition coefficient (Wildman–Crippen LogP) is 6.17. The van der Waals surface area contributed by atoms with Crippen LogP contribution in [0.2, 0.25) is 0 Å². The Morgan fingerprint density at radius 3 is 1.40 bits per heavy atom. The van der Waals surface area contributed by atoms with Crippen LogP contribution in [0.1, 0.15) is 0 Å². The van der Waals surface area contributed by atoms with Gasteiger partial charge in [-0.3, -0.25) is 0 Å². The zero-order chi connectivity index (χ0) is 23.4. The van der Waals surface area contributed by atoms with Gasteiger partial charge in [-0.25, -0.2) is 0 Å². The summed E-state index contributed by atoms with van der Waals surface area (Å²) in [4.78, 5) is 16.5. The van der Waals surface area contributed by atoms with Gasteiger partial charge < -0.3 is 9.80 Å². The van der Waals surface area contributed by atoms with Gasteiger partial charge >= 0.3 is 0 Å². The number of fused-ring (bicyclic) bond motifs is 4. The molecule has 35 heavy (non-hydrogen) atoms. The van der Waals surface area contributed by atoms with Crippen LogP contribution in [0.25, 0.3) is 0 Å². The highest BCUT2D eigenvalue weighted by molar-refractivity contribution is 7.00. The van der Waals surface area contributed by atoms with Crippen molar-refractivity contribution in [2.24, 2.45) is 5.18 Å². The van der Waals surface area contributed by atoms with Crippen molar-refractivity contribution < 1.29 is 0 Å². The van der Waals surface area contributed by atoms with Gasteiger partial charge in [0.1, 0.15) is 5.69 Å². The number of hydrogen-bond donors (Lipinski definition) is 0. The third kappa shape index (κ3) is 2.88. The van der Waals surface area contributed by atoms with E-state index in [1.165, 1.54) is 16.4 Å². The van der Waals surface area contributed by atoms with Crippen molar-refractivity contribution in [2.75, 3.05) is 9.80 Å². The van der Waals surface area contributed by atoms with Crippen LogP contribution in [0.5, 0.6) is 0 Å². The number of nitrogens with zero attached hydrogens (tertiary/aromatic N) is 3. The highest BCUT2D eigenvalue weighted by atomic mass is 16.3. The van der Waals surface area contributed by atoms with E-state index >= 15 is 0 Å². The van der Waals surface area contributed by atoms with E-state index in [0.717, 1.165) is 34.1 Å². The maximum Gasteiger partial charge on any atom is 0.252 e. The molecule has 0 radical (unpaired) electrons. The normalized spacial score (nSPS) is 13.1. The first-order chi connectivity index (χ1) is 17.3. The Hall–Kier alpha value is -4.64. The Bertz CT molecular complexity index is 1470. The van der Waals surface area contributed by atoms with Crippen LogP contribution in [0.15, 0.2) is 127 Å². The quantitative estimate of drug-likeness (QED) is 0.239. The summed E-state index contributed by atoms with van der Waals surface area (Å²) in [6.07, 6.45) is 0. The smallest absolute Gasteiger partial charge is 0.252 e. The number of rotatable bonds is 3. The van der Waals surface area contributed by atoms with E-state index in [0.29, 0.717) is 5.69 Å². The summed E-state index contributed by atoms with van der Waals surface area (Å²) >= 11 is 0. The molecule has 5 heteroatoms. The van der Waals surface area contributed by atoms with E-state index in [-0.39, 0.29) is 6.71 Å². The molecule has 0 bridgehead atoms. The highest BCUT2D eigenvalue weighted by Crippen LogP contribution is 2.45. The van der Waals surface area contributed by atoms with Gasteiger partial charge in [0.05, 0.1) is 0 Å². The Morgan fingerprint density at radius 2 is 0.943 bits per heavy atom. The first-order valence-electron chi connectivity index (χ1n) is 11.7. The van der Waals surface area contributed by atoms with Crippen molar-refractivity contribution in [3.63, 3.8) is 0 Å². The SMILES string of the molecule is O=Nc1cc2c3c(c1)N(c1ccccc1)c1ccccc1B3c1ccccc1N2c1ccccc1. The molecule has 0 saturated heterocycles. The largest absolute Gasteiger partial charge is 0.311 e. The van der Waals surface area contributed by atoms with E-state index in [1.54, 1.807) is 0 Å². The van der Waals surface area contributed by atoms with Gasteiger partial charge in [-0.15, -0.1) is 4.91 Å². The lowest BCUT2D eigenvalue weighted by Crippen LogP contribution is -2.61. The van der Waals surface area contributed by atoms with Crippen LogP contribution < -0.4 is 26.2 Å². The average molecular weight is 449 g/mol. The number of benzene rings is 5. The van der Waals surface area contributed by atoms with Gasteiger partial charge in [-0.2, -0.15) is 0 Å². The molecule has 2 aliphatic rings.